The van der Waals surface area contributed by atoms with Crippen LogP contribution in [0.4, 0.5) is 5.69 Å². The van der Waals surface area contributed by atoms with E-state index in [0.717, 1.165) is 12.8 Å². The lowest BCUT2D eigenvalue weighted by molar-refractivity contribution is -0.385. The molecule has 0 radical (unpaired) electrons. The second-order valence-corrected chi connectivity index (χ2v) is 5.45. The second kappa shape index (κ2) is 4.76. The van der Waals surface area contributed by atoms with Gasteiger partial charge in [-0.3, -0.25) is 10.1 Å². The Labute approximate surface area is 111 Å². The van der Waals surface area contributed by atoms with E-state index in [0.29, 0.717) is 5.75 Å². The summed E-state index contributed by atoms with van der Waals surface area (Å²) >= 11 is 6.21. The van der Waals surface area contributed by atoms with Crippen LogP contribution in [0.5, 0.6) is 5.75 Å². The zero-order valence-corrected chi connectivity index (χ0v) is 11.2. The minimum absolute atomic E-state index is 0.0343. The van der Waals surface area contributed by atoms with Crippen LogP contribution in [0.15, 0.2) is 24.3 Å². The predicted molar refractivity (Wildman–Crippen MR) is 70.2 cm³/mol. The molecule has 0 bridgehead atoms. The molecule has 0 N–H and O–H groups in total. The van der Waals surface area contributed by atoms with Gasteiger partial charge in [0.05, 0.1) is 11.0 Å². The van der Waals surface area contributed by atoms with Gasteiger partial charge in [-0.25, -0.2) is 0 Å². The molecular weight excluding hydrogens is 254 g/mol. The molecular formula is C13H16ClNO3. The van der Waals surface area contributed by atoms with Crippen LogP contribution >= 0.6 is 11.6 Å². The minimum Gasteiger partial charge on any atom is -0.489 e. The summed E-state index contributed by atoms with van der Waals surface area (Å²) in [5.41, 5.74) is -0.000864. The number of ether oxygens (including phenoxy) is 1. The number of hydrogen-bond donors (Lipinski definition) is 0. The van der Waals surface area contributed by atoms with Crippen molar-refractivity contribution < 1.29 is 9.66 Å². The first kappa shape index (κ1) is 13.1. The number of nitro benzene ring substituents is 1. The number of nitrogens with zero attached hydrogens (tertiary/aromatic N) is 1. The van der Waals surface area contributed by atoms with Gasteiger partial charge in [0.2, 0.25) is 0 Å². The molecule has 1 fully saturated rings. The number of hydrogen-bond acceptors (Lipinski definition) is 3. The van der Waals surface area contributed by atoms with Crippen molar-refractivity contribution in [2.75, 3.05) is 0 Å². The van der Waals surface area contributed by atoms with Crippen LogP contribution in [0.3, 0.4) is 0 Å². The lowest BCUT2D eigenvalue weighted by Gasteiger charge is -2.50. The number of non-ortho nitro benzene ring substituents is 1. The molecule has 0 aromatic heterocycles. The van der Waals surface area contributed by atoms with Crippen molar-refractivity contribution in [3.05, 3.63) is 34.4 Å². The largest absolute Gasteiger partial charge is 0.489 e. The molecule has 0 heterocycles. The fraction of sp³-hybridized carbons (Fsp3) is 0.538. The molecule has 0 amide bonds. The van der Waals surface area contributed by atoms with Gasteiger partial charge in [0.25, 0.3) is 5.69 Å². The van der Waals surface area contributed by atoms with E-state index in [1.807, 2.05) is 0 Å². The van der Waals surface area contributed by atoms with E-state index in [4.69, 9.17) is 16.3 Å². The summed E-state index contributed by atoms with van der Waals surface area (Å²) in [5, 5.41) is 10.8. The van der Waals surface area contributed by atoms with Crippen LogP contribution < -0.4 is 4.74 Å². The van der Waals surface area contributed by atoms with Crippen LogP contribution in [0.25, 0.3) is 0 Å². The topological polar surface area (TPSA) is 52.4 Å². The number of alkyl halides is 1. The van der Waals surface area contributed by atoms with Crippen LogP contribution in [0, 0.1) is 15.5 Å². The zero-order chi connectivity index (χ0) is 13.3. The molecule has 1 aromatic rings. The lowest BCUT2D eigenvalue weighted by Crippen LogP contribution is -2.55. The fourth-order valence-corrected chi connectivity index (χ4v) is 2.69. The van der Waals surface area contributed by atoms with Gasteiger partial charge in [0, 0.05) is 23.3 Å². The maximum atomic E-state index is 10.7. The van der Waals surface area contributed by atoms with Crippen LogP contribution in [0.1, 0.15) is 26.7 Å². The highest BCUT2D eigenvalue weighted by atomic mass is 35.5. The Morgan fingerprint density at radius 3 is 2.89 bits per heavy atom. The first-order valence-electron chi connectivity index (χ1n) is 6.02. The quantitative estimate of drug-likeness (QED) is 0.475. The van der Waals surface area contributed by atoms with Crippen LogP contribution in [-0.2, 0) is 0 Å². The molecule has 5 heteroatoms. The summed E-state index contributed by atoms with van der Waals surface area (Å²) in [6.07, 6.45) is 1.75. The molecule has 18 heavy (non-hydrogen) atoms. The molecule has 1 aliphatic rings. The average molecular weight is 270 g/mol. The van der Waals surface area contributed by atoms with Crippen molar-refractivity contribution in [2.45, 2.75) is 38.2 Å². The van der Waals surface area contributed by atoms with Crippen molar-refractivity contribution in [3.8, 4) is 5.75 Å². The molecule has 1 aromatic carbocycles. The van der Waals surface area contributed by atoms with Gasteiger partial charge in [-0.2, -0.15) is 0 Å². The van der Waals surface area contributed by atoms with E-state index in [9.17, 15) is 10.1 Å². The average Bonchev–Trinajstić information content (AvgIpc) is 2.37. The molecule has 4 nitrogen and oxygen atoms in total. The van der Waals surface area contributed by atoms with Crippen molar-refractivity contribution in [1.82, 2.24) is 0 Å². The zero-order valence-electron chi connectivity index (χ0n) is 10.4. The van der Waals surface area contributed by atoms with Gasteiger partial charge in [-0.05, 0) is 12.5 Å². The third-order valence-corrected chi connectivity index (χ3v) is 4.62. The Morgan fingerprint density at radius 1 is 1.61 bits per heavy atom. The highest BCUT2D eigenvalue weighted by Gasteiger charge is 2.51. The standard InChI is InChI=1S/C13H16ClNO3/c1-3-13(2)11(14)8-12(13)18-10-6-4-5-9(7-10)15(16)17/h4-7,11-12H,3,8H2,1-2H3. The van der Waals surface area contributed by atoms with Crippen molar-refractivity contribution in [2.24, 2.45) is 5.41 Å². The highest BCUT2D eigenvalue weighted by molar-refractivity contribution is 6.21. The smallest absolute Gasteiger partial charge is 0.273 e. The predicted octanol–water partition coefficient (Wildman–Crippen LogP) is 3.77. The highest BCUT2D eigenvalue weighted by Crippen LogP contribution is 2.49. The van der Waals surface area contributed by atoms with Crippen LogP contribution in [-0.4, -0.2) is 16.4 Å². The number of nitro groups is 1. The maximum Gasteiger partial charge on any atom is 0.273 e. The third kappa shape index (κ3) is 2.17. The van der Waals surface area contributed by atoms with Crippen molar-refractivity contribution in [1.29, 1.82) is 0 Å². The van der Waals surface area contributed by atoms with Gasteiger partial charge in [0.1, 0.15) is 11.9 Å². The van der Waals surface area contributed by atoms with Gasteiger partial charge in [0.15, 0.2) is 0 Å². The summed E-state index contributed by atoms with van der Waals surface area (Å²) in [6.45, 7) is 4.18. The minimum atomic E-state index is -0.420. The fourth-order valence-electron chi connectivity index (χ4n) is 2.23. The first-order chi connectivity index (χ1) is 8.47. The number of halogens is 1. The molecule has 1 saturated carbocycles. The molecule has 0 spiro atoms. The Hall–Kier alpha value is -1.29. The van der Waals surface area contributed by atoms with Gasteiger partial charge in [-0.1, -0.05) is 19.9 Å². The van der Waals surface area contributed by atoms with Gasteiger partial charge < -0.3 is 4.74 Å². The molecule has 3 atom stereocenters. The Balaban J connectivity index is 2.11. The monoisotopic (exact) mass is 269 g/mol. The van der Waals surface area contributed by atoms with Gasteiger partial charge in [-0.15, -0.1) is 11.6 Å². The van der Waals surface area contributed by atoms with Crippen molar-refractivity contribution >= 4 is 17.3 Å². The summed E-state index contributed by atoms with van der Waals surface area (Å²) in [7, 11) is 0. The molecule has 98 valence electrons. The van der Waals surface area contributed by atoms with Crippen molar-refractivity contribution in [3.63, 3.8) is 0 Å². The summed E-state index contributed by atoms with van der Waals surface area (Å²) in [5.74, 6) is 0.539. The molecule has 0 saturated heterocycles. The molecule has 1 aliphatic carbocycles. The van der Waals surface area contributed by atoms with E-state index in [1.54, 1.807) is 12.1 Å². The first-order valence-corrected chi connectivity index (χ1v) is 6.46. The van der Waals surface area contributed by atoms with E-state index in [-0.39, 0.29) is 22.6 Å². The maximum absolute atomic E-state index is 10.7. The van der Waals surface area contributed by atoms with Gasteiger partial charge >= 0.3 is 0 Å². The Morgan fingerprint density at radius 2 is 2.33 bits per heavy atom. The Kier molecular flexibility index (Phi) is 3.48. The molecule has 3 unspecified atom stereocenters. The Bertz CT molecular complexity index is 465. The molecule has 2 rings (SSSR count). The van der Waals surface area contributed by atoms with Crippen LogP contribution in [0.2, 0.25) is 0 Å². The lowest BCUT2D eigenvalue weighted by atomic mass is 9.65. The summed E-state index contributed by atoms with van der Waals surface area (Å²) in [6, 6.07) is 6.28. The number of rotatable bonds is 4. The third-order valence-electron chi connectivity index (χ3n) is 3.94. The van der Waals surface area contributed by atoms with E-state index in [1.165, 1.54) is 12.1 Å². The summed E-state index contributed by atoms with van der Waals surface area (Å²) < 4.78 is 5.83. The normalized spacial score (nSPS) is 30.6. The van der Waals surface area contributed by atoms with E-state index in [2.05, 4.69) is 13.8 Å². The summed E-state index contributed by atoms with van der Waals surface area (Å²) in [4.78, 5) is 10.3. The van der Waals surface area contributed by atoms with E-state index >= 15 is 0 Å². The SMILES string of the molecule is CCC1(C)C(Cl)CC1Oc1cccc([N+](=O)[O-])c1. The molecule has 0 aliphatic heterocycles. The van der Waals surface area contributed by atoms with E-state index < -0.39 is 4.92 Å². The second-order valence-electron chi connectivity index (χ2n) is 4.92. The number of benzene rings is 1.